The molecule has 3 aromatic rings. The van der Waals surface area contributed by atoms with Crippen molar-refractivity contribution in [2.45, 2.75) is 13.5 Å². The van der Waals surface area contributed by atoms with Crippen molar-refractivity contribution in [2.75, 3.05) is 0 Å². The summed E-state index contributed by atoms with van der Waals surface area (Å²) in [4.78, 5) is 28.1. The van der Waals surface area contributed by atoms with E-state index in [2.05, 4.69) is 4.98 Å². The van der Waals surface area contributed by atoms with Crippen LogP contribution in [0.4, 0.5) is 0 Å². The number of rotatable bonds is 4. The van der Waals surface area contributed by atoms with Crippen molar-refractivity contribution in [3.8, 4) is 5.75 Å². The molecule has 0 atom stereocenters. The van der Waals surface area contributed by atoms with Crippen LogP contribution in [0.5, 0.6) is 5.75 Å². The van der Waals surface area contributed by atoms with Crippen LogP contribution in [0.2, 0.25) is 0 Å². The molecule has 1 N–H and O–H groups in total. The van der Waals surface area contributed by atoms with Crippen molar-refractivity contribution in [3.63, 3.8) is 0 Å². The Morgan fingerprint density at radius 1 is 1.21 bits per heavy atom. The molecule has 5 nitrogen and oxygen atoms in total. The number of aromatic nitrogens is 1. The minimum absolute atomic E-state index is 0.0782. The van der Waals surface area contributed by atoms with Crippen LogP contribution in [0, 0.1) is 6.92 Å². The molecule has 0 aliphatic carbocycles. The first kappa shape index (κ1) is 15.8. The third kappa shape index (κ3) is 2.77. The smallest absolute Gasteiger partial charge is 0.344 e. The van der Waals surface area contributed by atoms with Crippen LogP contribution in [-0.2, 0) is 6.61 Å². The molecule has 0 saturated heterocycles. The molecule has 0 amide bonds. The van der Waals surface area contributed by atoms with Gasteiger partial charge in [-0.3, -0.25) is 9.78 Å². The van der Waals surface area contributed by atoms with Crippen LogP contribution in [0.3, 0.4) is 0 Å². The fourth-order valence-electron chi connectivity index (χ4n) is 2.58. The van der Waals surface area contributed by atoms with E-state index in [4.69, 9.17) is 4.74 Å². The Hall–Kier alpha value is -3.05. The lowest BCUT2D eigenvalue weighted by Gasteiger charge is -2.12. The first-order valence-electron chi connectivity index (χ1n) is 7.40. The Bertz CT molecular complexity index is 929. The standard InChI is InChI=1S/C19H15NO4/c1-12-18(17(11-22)14(10-21)9-20-12)24-19(23)16-8-4-6-13-5-2-3-7-15(13)16/h2-9,11,21H,10H2,1H3. The molecule has 0 aliphatic rings. The number of pyridine rings is 1. The second kappa shape index (κ2) is 6.60. The average Bonchev–Trinajstić information content (AvgIpc) is 2.62. The molecule has 1 aromatic heterocycles. The molecule has 0 aliphatic heterocycles. The topological polar surface area (TPSA) is 76.5 Å². The second-order valence-corrected chi connectivity index (χ2v) is 5.30. The summed E-state index contributed by atoms with van der Waals surface area (Å²) in [7, 11) is 0. The van der Waals surface area contributed by atoms with E-state index in [-0.39, 0.29) is 17.9 Å². The number of esters is 1. The van der Waals surface area contributed by atoms with Gasteiger partial charge >= 0.3 is 5.97 Å². The molecule has 24 heavy (non-hydrogen) atoms. The summed E-state index contributed by atoms with van der Waals surface area (Å²) in [6.07, 6.45) is 1.96. The molecule has 0 radical (unpaired) electrons. The molecule has 3 rings (SSSR count). The predicted octanol–water partition coefficient (Wildman–Crippen LogP) is 3.07. The molecule has 0 spiro atoms. The number of ether oxygens (including phenoxy) is 1. The largest absolute Gasteiger partial charge is 0.420 e. The zero-order valence-corrected chi connectivity index (χ0v) is 13.0. The summed E-state index contributed by atoms with van der Waals surface area (Å²) in [5, 5.41) is 11.0. The lowest BCUT2D eigenvalue weighted by atomic mass is 10.0. The van der Waals surface area contributed by atoms with Gasteiger partial charge < -0.3 is 9.84 Å². The van der Waals surface area contributed by atoms with Gasteiger partial charge in [0.1, 0.15) is 0 Å². The number of carbonyl (C=O) groups is 2. The summed E-state index contributed by atoms with van der Waals surface area (Å²) >= 11 is 0. The Morgan fingerprint density at radius 2 is 1.96 bits per heavy atom. The van der Waals surface area contributed by atoms with Gasteiger partial charge in [-0.2, -0.15) is 0 Å². The van der Waals surface area contributed by atoms with Crippen LogP contribution in [0.15, 0.2) is 48.7 Å². The predicted molar refractivity (Wildman–Crippen MR) is 89.2 cm³/mol. The number of benzene rings is 2. The second-order valence-electron chi connectivity index (χ2n) is 5.30. The van der Waals surface area contributed by atoms with E-state index in [1.807, 2.05) is 30.3 Å². The highest BCUT2D eigenvalue weighted by Crippen LogP contribution is 2.26. The Morgan fingerprint density at radius 3 is 2.71 bits per heavy atom. The minimum Gasteiger partial charge on any atom is -0.420 e. The maximum Gasteiger partial charge on any atom is 0.344 e. The average molecular weight is 321 g/mol. The summed E-state index contributed by atoms with van der Waals surface area (Å²) < 4.78 is 5.46. The third-order valence-corrected chi connectivity index (χ3v) is 3.83. The fourth-order valence-corrected chi connectivity index (χ4v) is 2.58. The molecule has 1 heterocycles. The molecular weight excluding hydrogens is 306 g/mol. The summed E-state index contributed by atoms with van der Waals surface area (Å²) in [5.41, 5.74) is 1.26. The van der Waals surface area contributed by atoms with Crippen molar-refractivity contribution >= 4 is 23.0 Å². The Balaban J connectivity index is 2.05. The molecule has 2 aromatic carbocycles. The van der Waals surface area contributed by atoms with Crippen LogP contribution in [-0.4, -0.2) is 22.3 Å². The molecule has 120 valence electrons. The van der Waals surface area contributed by atoms with E-state index in [9.17, 15) is 14.7 Å². The first-order chi connectivity index (χ1) is 11.7. The SMILES string of the molecule is Cc1ncc(CO)c(C=O)c1OC(=O)c1cccc2ccccc12. The van der Waals surface area contributed by atoms with Gasteiger partial charge in [0, 0.05) is 11.8 Å². The molecule has 0 bridgehead atoms. The van der Waals surface area contributed by atoms with Crippen molar-refractivity contribution in [1.29, 1.82) is 0 Å². The summed E-state index contributed by atoms with van der Waals surface area (Å²) in [5.74, 6) is -0.496. The summed E-state index contributed by atoms with van der Waals surface area (Å²) in [6, 6.07) is 12.8. The zero-order valence-electron chi connectivity index (χ0n) is 13.0. The maximum atomic E-state index is 12.6. The van der Waals surface area contributed by atoms with E-state index >= 15 is 0 Å². The molecule has 0 unspecified atom stereocenters. The van der Waals surface area contributed by atoms with Crippen molar-refractivity contribution < 1.29 is 19.4 Å². The van der Waals surface area contributed by atoms with Gasteiger partial charge in [0.15, 0.2) is 12.0 Å². The normalized spacial score (nSPS) is 10.6. The first-order valence-corrected chi connectivity index (χ1v) is 7.40. The van der Waals surface area contributed by atoms with Gasteiger partial charge in [0.2, 0.25) is 0 Å². The third-order valence-electron chi connectivity index (χ3n) is 3.83. The minimum atomic E-state index is -0.574. The summed E-state index contributed by atoms with van der Waals surface area (Å²) in [6.45, 7) is 1.28. The highest BCUT2D eigenvalue weighted by molar-refractivity contribution is 6.05. The van der Waals surface area contributed by atoms with Crippen molar-refractivity contribution in [3.05, 3.63) is 71.0 Å². The highest BCUT2D eigenvalue weighted by Gasteiger charge is 2.19. The number of aliphatic hydroxyl groups is 1. The number of fused-ring (bicyclic) bond motifs is 1. The van der Waals surface area contributed by atoms with Crippen molar-refractivity contribution in [1.82, 2.24) is 4.98 Å². The van der Waals surface area contributed by atoms with Crippen molar-refractivity contribution in [2.24, 2.45) is 0 Å². The molecular formula is C19H15NO4. The van der Waals surface area contributed by atoms with Gasteiger partial charge in [0.05, 0.1) is 23.4 Å². The number of aldehydes is 1. The maximum absolute atomic E-state index is 12.6. The number of nitrogens with zero attached hydrogens (tertiary/aromatic N) is 1. The van der Waals surface area contributed by atoms with E-state index in [0.717, 1.165) is 10.8 Å². The lowest BCUT2D eigenvalue weighted by Crippen LogP contribution is -2.13. The monoisotopic (exact) mass is 321 g/mol. The lowest BCUT2D eigenvalue weighted by molar-refractivity contribution is 0.0733. The van der Waals surface area contributed by atoms with Gasteiger partial charge in [-0.05, 0) is 23.8 Å². The Kier molecular flexibility index (Phi) is 4.35. The van der Waals surface area contributed by atoms with E-state index in [1.165, 1.54) is 6.20 Å². The van der Waals surface area contributed by atoms with E-state index < -0.39 is 5.97 Å². The number of hydrogen-bond acceptors (Lipinski definition) is 5. The number of aryl methyl sites for hydroxylation is 1. The van der Waals surface area contributed by atoms with Crippen LogP contribution < -0.4 is 4.74 Å². The number of carbonyl (C=O) groups excluding carboxylic acids is 2. The van der Waals surface area contributed by atoms with Crippen LogP contribution >= 0.6 is 0 Å². The fraction of sp³-hybridized carbons (Fsp3) is 0.105. The van der Waals surface area contributed by atoms with Gasteiger partial charge in [0.25, 0.3) is 0 Å². The van der Waals surface area contributed by atoms with Crippen LogP contribution in [0.25, 0.3) is 10.8 Å². The molecule has 0 fully saturated rings. The van der Waals surface area contributed by atoms with Gasteiger partial charge in [-0.25, -0.2) is 4.79 Å². The molecule has 0 saturated carbocycles. The quantitative estimate of drug-likeness (QED) is 0.590. The zero-order chi connectivity index (χ0) is 17.1. The molecule has 5 heteroatoms. The van der Waals surface area contributed by atoms with E-state index in [1.54, 1.807) is 19.1 Å². The Labute approximate surface area is 138 Å². The van der Waals surface area contributed by atoms with E-state index in [0.29, 0.717) is 23.1 Å². The number of hydrogen-bond donors (Lipinski definition) is 1. The highest BCUT2D eigenvalue weighted by atomic mass is 16.5. The number of aliphatic hydroxyl groups excluding tert-OH is 1. The van der Waals surface area contributed by atoms with Gasteiger partial charge in [-0.15, -0.1) is 0 Å². The van der Waals surface area contributed by atoms with Crippen LogP contribution in [0.1, 0.15) is 32.0 Å². The van der Waals surface area contributed by atoms with Gasteiger partial charge in [-0.1, -0.05) is 36.4 Å².